The third kappa shape index (κ3) is 4.39. The molecule has 2 N–H and O–H groups in total. The Bertz CT molecular complexity index is 563. The Morgan fingerprint density at radius 3 is 2.48 bits per heavy atom. The molecule has 0 saturated heterocycles. The third-order valence-electron chi connectivity index (χ3n) is 4.31. The van der Waals surface area contributed by atoms with E-state index < -0.39 is 17.6 Å². The second-order valence-electron chi connectivity index (χ2n) is 6.43. The summed E-state index contributed by atoms with van der Waals surface area (Å²) in [5, 5.41) is 19.5. The van der Waals surface area contributed by atoms with Gasteiger partial charge in [0.15, 0.2) is 5.78 Å². The van der Waals surface area contributed by atoms with Gasteiger partial charge in [0.05, 0.1) is 12.0 Å². The molecule has 2 rings (SSSR count). The maximum Gasteiger partial charge on any atom is 0.313 e. The number of carbonyl (C=O) groups excluding carboxylic acids is 2. The summed E-state index contributed by atoms with van der Waals surface area (Å²) in [4.78, 5) is 23.6. The molecule has 3 unspecified atom stereocenters. The molecule has 3 atom stereocenters. The normalized spacial score (nSPS) is 23.6. The van der Waals surface area contributed by atoms with Crippen molar-refractivity contribution < 1.29 is 24.5 Å². The number of ether oxygens (including phenoxy) is 1. The molecule has 1 fully saturated rings. The minimum atomic E-state index is -1.23. The number of aliphatic hydroxyl groups is 2. The standard InChI is InChI=1S/C18H24O5/c1-12(19)11-23-17(21)13(2)15-7-5-14(6-8-15)10-18(22)9-3-4-16(18)20/h5-8,12-13,19,22H,3-4,9-11H2,1-2H3. The quantitative estimate of drug-likeness (QED) is 0.780. The van der Waals surface area contributed by atoms with Crippen LogP contribution < -0.4 is 0 Å². The van der Waals surface area contributed by atoms with Gasteiger partial charge in [-0.1, -0.05) is 24.3 Å². The zero-order valence-corrected chi connectivity index (χ0v) is 13.6. The van der Waals surface area contributed by atoms with E-state index in [2.05, 4.69) is 0 Å². The first-order valence-electron chi connectivity index (χ1n) is 8.01. The SMILES string of the molecule is CC(O)COC(=O)C(C)c1ccc(CC2(O)CCCC2=O)cc1. The van der Waals surface area contributed by atoms with Crippen molar-refractivity contribution in [3.63, 3.8) is 0 Å². The average molecular weight is 320 g/mol. The van der Waals surface area contributed by atoms with E-state index in [1.165, 1.54) is 0 Å². The molecule has 0 aromatic heterocycles. The molecule has 1 saturated carbocycles. The minimum Gasteiger partial charge on any atom is -0.462 e. The molecule has 1 aromatic carbocycles. The highest BCUT2D eigenvalue weighted by Crippen LogP contribution is 2.30. The maximum absolute atomic E-state index is 11.9. The number of aliphatic hydroxyl groups excluding tert-OH is 1. The van der Waals surface area contributed by atoms with E-state index in [-0.39, 0.29) is 18.4 Å². The monoisotopic (exact) mass is 320 g/mol. The van der Waals surface area contributed by atoms with Crippen LogP contribution in [0.25, 0.3) is 0 Å². The van der Waals surface area contributed by atoms with Crippen molar-refractivity contribution in [1.82, 2.24) is 0 Å². The van der Waals surface area contributed by atoms with Crippen LogP contribution in [-0.4, -0.2) is 40.3 Å². The van der Waals surface area contributed by atoms with Gasteiger partial charge in [0, 0.05) is 12.8 Å². The van der Waals surface area contributed by atoms with E-state index >= 15 is 0 Å². The fraction of sp³-hybridized carbons (Fsp3) is 0.556. The smallest absolute Gasteiger partial charge is 0.313 e. The Kier molecular flexibility index (Phi) is 5.55. The first-order chi connectivity index (χ1) is 10.8. The van der Waals surface area contributed by atoms with Gasteiger partial charge in [-0.25, -0.2) is 0 Å². The molecule has 1 aromatic rings. The van der Waals surface area contributed by atoms with E-state index in [0.717, 1.165) is 17.5 Å². The zero-order valence-electron chi connectivity index (χ0n) is 13.6. The highest BCUT2D eigenvalue weighted by Gasteiger charge is 2.39. The van der Waals surface area contributed by atoms with Crippen molar-refractivity contribution in [3.05, 3.63) is 35.4 Å². The summed E-state index contributed by atoms with van der Waals surface area (Å²) in [7, 11) is 0. The van der Waals surface area contributed by atoms with Gasteiger partial charge in [-0.3, -0.25) is 9.59 Å². The number of rotatable bonds is 6. The van der Waals surface area contributed by atoms with Gasteiger partial charge in [-0.15, -0.1) is 0 Å². The summed E-state index contributed by atoms with van der Waals surface area (Å²) in [6.45, 7) is 3.28. The predicted octanol–water partition coefficient (Wildman–Crippen LogP) is 1.74. The van der Waals surface area contributed by atoms with E-state index in [0.29, 0.717) is 19.3 Å². The van der Waals surface area contributed by atoms with Crippen LogP contribution in [0.2, 0.25) is 0 Å². The van der Waals surface area contributed by atoms with Crippen LogP contribution in [0, 0.1) is 0 Å². The number of hydrogen-bond donors (Lipinski definition) is 2. The van der Waals surface area contributed by atoms with Crippen LogP contribution in [0.15, 0.2) is 24.3 Å². The molecule has 0 heterocycles. The van der Waals surface area contributed by atoms with Crippen molar-refractivity contribution >= 4 is 11.8 Å². The van der Waals surface area contributed by atoms with E-state index in [9.17, 15) is 14.7 Å². The lowest BCUT2D eigenvalue weighted by Gasteiger charge is -2.20. The number of carbonyl (C=O) groups is 2. The van der Waals surface area contributed by atoms with E-state index in [1.54, 1.807) is 13.8 Å². The molecule has 23 heavy (non-hydrogen) atoms. The summed E-state index contributed by atoms with van der Waals surface area (Å²) in [6, 6.07) is 7.29. The minimum absolute atomic E-state index is 0.0175. The molecular weight excluding hydrogens is 296 g/mol. The number of hydrogen-bond acceptors (Lipinski definition) is 5. The number of Topliss-reactive ketones (excluding diaryl/α,β-unsaturated/α-hetero) is 1. The Morgan fingerprint density at radius 2 is 1.96 bits per heavy atom. The van der Waals surface area contributed by atoms with Gasteiger partial charge in [-0.2, -0.15) is 0 Å². The summed E-state index contributed by atoms with van der Waals surface area (Å²) in [6.07, 6.45) is 1.32. The molecule has 1 aliphatic rings. The lowest BCUT2D eigenvalue weighted by molar-refractivity contribution is -0.147. The summed E-state index contributed by atoms with van der Waals surface area (Å²) in [5.74, 6) is -0.904. The van der Waals surface area contributed by atoms with Crippen molar-refractivity contribution in [2.45, 2.75) is 57.2 Å². The fourth-order valence-corrected chi connectivity index (χ4v) is 2.83. The topological polar surface area (TPSA) is 83.8 Å². The van der Waals surface area contributed by atoms with Gasteiger partial charge < -0.3 is 14.9 Å². The summed E-state index contributed by atoms with van der Waals surface area (Å²) < 4.78 is 5.01. The third-order valence-corrected chi connectivity index (χ3v) is 4.31. The second kappa shape index (κ2) is 7.23. The van der Waals surface area contributed by atoms with E-state index in [1.807, 2.05) is 24.3 Å². The van der Waals surface area contributed by atoms with Crippen molar-refractivity contribution in [1.29, 1.82) is 0 Å². The first kappa shape index (κ1) is 17.6. The summed E-state index contributed by atoms with van der Waals surface area (Å²) in [5.41, 5.74) is 0.439. The Balaban J connectivity index is 1.99. The van der Waals surface area contributed by atoms with Crippen molar-refractivity contribution in [2.75, 3.05) is 6.61 Å². The lowest BCUT2D eigenvalue weighted by Crippen LogP contribution is -2.35. The lowest BCUT2D eigenvalue weighted by atomic mass is 9.91. The van der Waals surface area contributed by atoms with Gasteiger partial charge in [0.25, 0.3) is 0 Å². The highest BCUT2D eigenvalue weighted by atomic mass is 16.5. The molecule has 0 aliphatic heterocycles. The molecule has 0 radical (unpaired) electrons. The van der Waals surface area contributed by atoms with Crippen LogP contribution in [0.5, 0.6) is 0 Å². The fourth-order valence-electron chi connectivity index (χ4n) is 2.83. The molecule has 5 heteroatoms. The number of ketones is 1. The Morgan fingerprint density at radius 1 is 1.30 bits per heavy atom. The van der Waals surface area contributed by atoms with Gasteiger partial charge in [-0.05, 0) is 37.8 Å². The van der Waals surface area contributed by atoms with Crippen LogP contribution in [0.1, 0.15) is 50.2 Å². The summed E-state index contributed by atoms with van der Waals surface area (Å²) >= 11 is 0. The van der Waals surface area contributed by atoms with Crippen LogP contribution in [0.4, 0.5) is 0 Å². The van der Waals surface area contributed by atoms with E-state index in [4.69, 9.17) is 9.84 Å². The van der Waals surface area contributed by atoms with Crippen LogP contribution in [-0.2, 0) is 20.7 Å². The molecule has 5 nitrogen and oxygen atoms in total. The molecule has 0 amide bonds. The number of esters is 1. The molecule has 0 spiro atoms. The molecule has 126 valence electrons. The molecular formula is C18H24O5. The maximum atomic E-state index is 11.9. The number of benzene rings is 1. The predicted molar refractivity (Wildman–Crippen MR) is 85.0 cm³/mol. The van der Waals surface area contributed by atoms with Crippen molar-refractivity contribution in [3.8, 4) is 0 Å². The van der Waals surface area contributed by atoms with Gasteiger partial charge in [0.2, 0.25) is 0 Å². The largest absolute Gasteiger partial charge is 0.462 e. The first-order valence-corrected chi connectivity index (χ1v) is 8.01. The van der Waals surface area contributed by atoms with Crippen LogP contribution in [0.3, 0.4) is 0 Å². The zero-order chi connectivity index (χ0) is 17.0. The van der Waals surface area contributed by atoms with Crippen molar-refractivity contribution in [2.24, 2.45) is 0 Å². The molecule has 0 bridgehead atoms. The average Bonchev–Trinajstić information content (AvgIpc) is 2.84. The van der Waals surface area contributed by atoms with Gasteiger partial charge >= 0.3 is 5.97 Å². The van der Waals surface area contributed by atoms with Gasteiger partial charge in [0.1, 0.15) is 12.2 Å². The van der Waals surface area contributed by atoms with Crippen LogP contribution >= 0.6 is 0 Å². The highest BCUT2D eigenvalue weighted by molar-refractivity contribution is 5.89. The second-order valence-corrected chi connectivity index (χ2v) is 6.43. The Labute approximate surface area is 136 Å². The molecule has 1 aliphatic carbocycles. The Hall–Kier alpha value is -1.72.